The van der Waals surface area contributed by atoms with Gasteiger partial charge in [-0.1, -0.05) is 26.0 Å². The van der Waals surface area contributed by atoms with Gasteiger partial charge in [-0.25, -0.2) is 9.37 Å². The van der Waals surface area contributed by atoms with Crippen LogP contribution in [0.1, 0.15) is 45.0 Å². The molecule has 14 heteroatoms. The summed E-state index contributed by atoms with van der Waals surface area (Å²) < 4.78 is 19.4. The monoisotopic (exact) mass is 649 g/mol. The SMILES string of the molecule is CC(C)[C@H]1NC(=O)COc2ccc(cc2)C[C@@H](C(=O)N(C)Cc2nc3ccc(F)cc3[nH]2)NC(=O)[C@H](C)NC(=O)[C@@H]2CCCN2C1=O. The standard InChI is InChI=1S/C33H40FN7O6/c1-18(2)29-33(46)41-13-5-6-26(41)31(44)35-19(3)30(43)38-25(14-20-7-10-22(11-8-20)47-17-28(42)39-29)32(45)40(4)16-27-36-23-12-9-21(34)15-24(23)37-27/h7-12,15,18-19,25-26,29H,5-6,13-14,16-17H2,1-4H3,(H,35,44)(H,36,37)(H,38,43)(H,39,42)/t19-,25-,26-,29+/m0/s1. The third kappa shape index (κ3) is 7.87. The fraction of sp³-hybridized carbons (Fsp3) is 0.455. The predicted molar refractivity (Wildman–Crippen MR) is 169 cm³/mol. The Bertz CT molecular complexity index is 1660. The maximum atomic E-state index is 13.8. The van der Waals surface area contributed by atoms with Crippen LogP contribution in [0.25, 0.3) is 11.0 Å². The minimum Gasteiger partial charge on any atom is -0.484 e. The molecule has 6 rings (SSSR count). The van der Waals surface area contributed by atoms with Crippen LogP contribution in [-0.4, -0.2) is 93.7 Å². The van der Waals surface area contributed by atoms with E-state index in [0.717, 1.165) is 0 Å². The second-order valence-electron chi connectivity index (χ2n) is 12.4. The Kier molecular flexibility index (Phi) is 10.1. The van der Waals surface area contributed by atoms with Crippen LogP contribution in [0.3, 0.4) is 0 Å². The number of carbonyl (C=O) groups is 5. The molecule has 4 atom stereocenters. The third-order valence-electron chi connectivity index (χ3n) is 8.44. The van der Waals surface area contributed by atoms with E-state index in [0.29, 0.717) is 47.6 Å². The number of H-pyrrole nitrogens is 1. The number of imidazole rings is 1. The van der Waals surface area contributed by atoms with Crippen molar-refractivity contribution in [3.05, 3.63) is 59.7 Å². The quantitative estimate of drug-likeness (QED) is 0.332. The molecule has 2 bridgehead atoms. The van der Waals surface area contributed by atoms with E-state index in [9.17, 15) is 28.4 Å². The Morgan fingerprint density at radius 3 is 2.53 bits per heavy atom. The molecule has 4 N–H and O–H groups in total. The van der Waals surface area contributed by atoms with Gasteiger partial charge in [0, 0.05) is 20.0 Å². The van der Waals surface area contributed by atoms with Crippen LogP contribution in [0.4, 0.5) is 4.39 Å². The first-order chi connectivity index (χ1) is 22.4. The van der Waals surface area contributed by atoms with Gasteiger partial charge in [-0.3, -0.25) is 24.0 Å². The van der Waals surface area contributed by atoms with Gasteiger partial charge in [0.2, 0.25) is 23.6 Å². The molecule has 1 saturated heterocycles. The lowest BCUT2D eigenvalue weighted by Crippen LogP contribution is -2.58. The summed E-state index contributed by atoms with van der Waals surface area (Å²) in [5.41, 5.74) is 1.75. The average molecular weight is 650 g/mol. The lowest BCUT2D eigenvalue weighted by Gasteiger charge is -2.31. The second kappa shape index (κ2) is 14.2. The maximum Gasteiger partial charge on any atom is 0.258 e. The molecule has 4 heterocycles. The largest absolute Gasteiger partial charge is 0.484 e. The van der Waals surface area contributed by atoms with Crippen molar-refractivity contribution >= 4 is 40.6 Å². The molecule has 1 fully saturated rings. The zero-order valence-electron chi connectivity index (χ0n) is 26.8. The van der Waals surface area contributed by atoms with Gasteiger partial charge in [0.05, 0.1) is 17.6 Å². The van der Waals surface area contributed by atoms with Crippen molar-refractivity contribution in [2.75, 3.05) is 20.2 Å². The van der Waals surface area contributed by atoms with Crippen LogP contribution in [-0.2, 0) is 36.9 Å². The summed E-state index contributed by atoms with van der Waals surface area (Å²) in [7, 11) is 1.57. The first-order valence-corrected chi connectivity index (χ1v) is 15.7. The lowest BCUT2D eigenvalue weighted by molar-refractivity contribution is -0.143. The van der Waals surface area contributed by atoms with Gasteiger partial charge in [-0.05, 0) is 61.6 Å². The molecule has 0 spiro atoms. The van der Waals surface area contributed by atoms with Gasteiger partial charge < -0.3 is 35.5 Å². The molecule has 3 aliphatic rings. The van der Waals surface area contributed by atoms with Gasteiger partial charge >= 0.3 is 0 Å². The molecule has 250 valence electrons. The summed E-state index contributed by atoms with van der Waals surface area (Å²) in [6.45, 7) is 5.20. The summed E-state index contributed by atoms with van der Waals surface area (Å²) >= 11 is 0. The number of nitrogens with one attached hydrogen (secondary N) is 4. The highest BCUT2D eigenvalue weighted by Gasteiger charge is 2.39. The molecule has 5 amide bonds. The molecular weight excluding hydrogens is 609 g/mol. The highest BCUT2D eigenvalue weighted by molar-refractivity contribution is 5.96. The van der Waals surface area contributed by atoms with Crippen molar-refractivity contribution < 1.29 is 33.1 Å². The molecule has 0 saturated carbocycles. The first kappa shape index (κ1) is 33.4. The number of rotatable bonds is 4. The van der Waals surface area contributed by atoms with Crippen LogP contribution >= 0.6 is 0 Å². The number of aromatic amines is 1. The van der Waals surface area contributed by atoms with Crippen molar-refractivity contribution in [3.8, 4) is 5.75 Å². The van der Waals surface area contributed by atoms with Crippen LogP contribution in [0.5, 0.6) is 5.75 Å². The predicted octanol–water partition coefficient (Wildman–Crippen LogP) is 1.42. The number of carbonyl (C=O) groups excluding carboxylic acids is 5. The van der Waals surface area contributed by atoms with E-state index in [2.05, 4.69) is 25.9 Å². The summed E-state index contributed by atoms with van der Waals surface area (Å²) in [5, 5.41) is 8.26. The Morgan fingerprint density at radius 2 is 1.81 bits per heavy atom. The number of fused-ring (bicyclic) bond motifs is 14. The Balaban J connectivity index is 1.38. The van der Waals surface area contributed by atoms with Gasteiger partial charge in [0.1, 0.15) is 41.6 Å². The molecule has 1 aromatic heterocycles. The number of likely N-dealkylation sites (N-methyl/N-ethyl adjacent to an activating group) is 1. The molecule has 2 aromatic carbocycles. The number of ether oxygens (including phenoxy) is 1. The minimum absolute atomic E-state index is 0.0611. The minimum atomic E-state index is -1.02. The number of hydrogen-bond acceptors (Lipinski definition) is 7. The van der Waals surface area contributed by atoms with Crippen LogP contribution < -0.4 is 20.7 Å². The molecule has 0 radical (unpaired) electrons. The highest BCUT2D eigenvalue weighted by atomic mass is 19.1. The number of aromatic nitrogens is 2. The second-order valence-corrected chi connectivity index (χ2v) is 12.4. The van der Waals surface area contributed by atoms with Gasteiger partial charge in [0.25, 0.3) is 5.91 Å². The molecule has 0 unspecified atom stereocenters. The van der Waals surface area contributed by atoms with E-state index < -0.39 is 53.6 Å². The Morgan fingerprint density at radius 1 is 1.06 bits per heavy atom. The fourth-order valence-corrected chi connectivity index (χ4v) is 5.87. The highest BCUT2D eigenvalue weighted by Crippen LogP contribution is 2.21. The van der Waals surface area contributed by atoms with Crippen LogP contribution in [0.15, 0.2) is 42.5 Å². The van der Waals surface area contributed by atoms with Gasteiger partial charge in [0.15, 0.2) is 6.61 Å². The number of benzene rings is 2. The zero-order chi connectivity index (χ0) is 33.8. The summed E-state index contributed by atoms with van der Waals surface area (Å²) in [4.78, 5) is 77.3. The number of nitrogens with zero attached hydrogens (tertiary/aromatic N) is 3. The molecule has 13 nitrogen and oxygen atoms in total. The lowest BCUT2D eigenvalue weighted by atomic mass is 10.0. The van der Waals surface area contributed by atoms with E-state index in [1.807, 2.05) is 13.8 Å². The van der Waals surface area contributed by atoms with Crippen molar-refractivity contribution in [1.82, 2.24) is 35.7 Å². The first-order valence-electron chi connectivity index (χ1n) is 15.7. The van der Waals surface area contributed by atoms with Crippen molar-refractivity contribution in [3.63, 3.8) is 0 Å². The van der Waals surface area contributed by atoms with E-state index >= 15 is 0 Å². The molecule has 47 heavy (non-hydrogen) atoms. The van der Waals surface area contributed by atoms with Crippen molar-refractivity contribution in [1.29, 1.82) is 0 Å². The average Bonchev–Trinajstić information content (AvgIpc) is 3.68. The van der Waals surface area contributed by atoms with Gasteiger partial charge in [-0.15, -0.1) is 0 Å². The number of halogens is 1. The number of amides is 5. The van der Waals surface area contributed by atoms with Crippen molar-refractivity contribution in [2.24, 2.45) is 5.92 Å². The molecule has 0 aliphatic carbocycles. The van der Waals surface area contributed by atoms with Gasteiger partial charge in [-0.2, -0.15) is 0 Å². The van der Waals surface area contributed by atoms with E-state index in [1.54, 1.807) is 37.4 Å². The van der Waals surface area contributed by atoms with Crippen molar-refractivity contribution in [2.45, 2.75) is 70.7 Å². The summed E-state index contributed by atoms with van der Waals surface area (Å²) in [5.74, 6) is -2.18. The van der Waals surface area contributed by atoms with E-state index in [1.165, 1.54) is 28.9 Å². The topological polar surface area (TPSA) is 166 Å². The zero-order valence-corrected chi connectivity index (χ0v) is 26.8. The van der Waals surface area contributed by atoms with Crippen LogP contribution in [0, 0.1) is 11.7 Å². The van der Waals surface area contributed by atoms with E-state index in [4.69, 9.17) is 4.74 Å². The third-order valence-corrected chi connectivity index (χ3v) is 8.44. The fourth-order valence-electron chi connectivity index (χ4n) is 5.87. The molecular formula is C33H40FN7O6. The molecule has 3 aliphatic heterocycles. The smallest absolute Gasteiger partial charge is 0.258 e. The summed E-state index contributed by atoms with van der Waals surface area (Å²) in [6, 6.07) is 7.19. The normalized spacial score (nSPS) is 22.9. The Hall–Kier alpha value is -5.01. The van der Waals surface area contributed by atoms with Crippen LogP contribution in [0.2, 0.25) is 0 Å². The maximum absolute atomic E-state index is 13.8. The van der Waals surface area contributed by atoms with E-state index in [-0.39, 0.29) is 31.4 Å². The molecule has 3 aromatic rings. The number of hydrogen-bond donors (Lipinski definition) is 4. The Labute approximate surface area is 271 Å². The summed E-state index contributed by atoms with van der Waals surface area (Å²) in [6.07, 6.45) is 1.11.